The molecule has 3 N–H and O–H groups in total. The summed E-state index contributed by atoms with van der Waals surface area (Å²) in [5.41, 5.74) is 4.46. The first-order valence-corrected chi connectivity index (χ1v) is 7.42. The van der Waals surface area contributed by atoms with Crippen LogP contribution in [-0.4, -0.2) is 29.4 Å². The molecule has 0 heterocycles. The fourth-order valence-corrected chi connectivity index (χ4v) is 2.31. The summed E-state index contributed by atoms with van der Waals surface area (Å²) < 4.78 is 4.95. The average molecular weight is 349 g/mol. The number of aromatic hydroxyl groups is 2. The smallest absolute Gasteiger partial charge is 0.271 e. The lowest BCUT2D eigenvalue weighted by Crippen LogP contribution is -2.17. The number of hydrogen-bond donors (Lipinski definition) is 3. The van der Waals surface area contributed by atoms with Crippen molar-refractivity contribution in [1.82, 2.24) is 5.43 Å². The van der Waals surface area contributed by atoms with Crippen molar-refractivity contribution >= 4 is 23.7 Å². The Balaban J connectivity index is 2.18. The van der Waals surface area contributed by atoms with Crippen LogP contribution in [0.1, 0.15) is 27.0 Å². The first-order chi connectivity index (χ1) is 11.3. The van der Waals surface area contributed by atoms with Gasteiger partial charge in [0.05, 0.1) is 13.3 Å². The lowest BCUT2D eigenvalue weighted by molar-refractivity contribution is 0.0954. The molecule has 0 aromatic heterocycles. The largest absolute Gasteiger partial charge is 0.507 e. The Morgan fingerprint density at radius 1 is 1.25 bits per heavy atom. The second-order valence-corrected chi connectivity index (χ2v) is 5.53. The quantitative estimate of drug-likeness (QED) is 0.584. The second-order valence-electron chi connectivity index (χ2n) is 5.15. The molecule has 0 aliphatic carbocycles. The fourth-order valence-electron chi connectivity index (χ4n) is 2.15. The van der Waals surface area contributed by atoms with Crippen molar-refractivity contribution in [3.8, 4) is 17.2 Å². The molecule has 0 aliphatic rings. The van der Waals surface area contributed by atoms with Crippen molar-refractivity contribution in [3.05, 3.63) is 51.5 Å². The highest BCUT2D eigenvalue weighted by Crippen LogP contribution is 2.29. The molecule has 2 aromatic rings. The van der Waals surface area contributed by atoms with E-state index < -0.39 is 5.91 Å². The number of hydrazone groups is 1. The van der Waals surface area contributed by atoms with E-state index >= 15 is 0 Å². The van der Waals surface area contributed by atoms with Gasteiger partial charge in [0.1, 0.15) is 5.75 Å². The van der Waals surface area contributed by atoms with Crippen molar-refractivity contribution in [3.63, 3.8) is 0 Å². The third-order valence-corrected chi connectivity index (χ3v) is 4.09. The maximum Gasteiger partial charge on any atom is 0.271 e. The van der Waals surface area contributed by atoms with Crippen molar-refractivity contribution in [2.45, 2.75) is 13.8 Å². The van der Waals surface area contributed by atoms with Crippen LogP contribution in [0.3, 0.4) is 0 Å². The number of hydrogen-bond acceptors (Lipinski definition) is 5. The van der Waals surface area contributed by atoms with Gasteiger partial charge in [0.25, 0.3) is 5.91 Å². The fraction of sp³-hybridized carbons (Fsp3) is 0.176. The third-order valence-electron chi connectivity index (χ3n) is 3.51. The highest BCUT2D eigenvalue weighted by Gasteiger charge is 2.11. The second kappa shape index (κ2) is 7.23. The Morgan fingerprint density at radius 2 is 1.96 bits per heavy atom. The molecule has 0 fully saturated rings. The van der Waals surface area contributed by atoms with Crippen LogP contribution < -0.4 is 10.2 Å². The third kappa shape index (κ3) is 3.60. The summed E-state index contributed by atoms with van der Waals surface area (Å²) in [5.74, 6) is -0.337. The first kappa shape index (κ1) is 17.6. The van der Waals surface area contributed by atoms with Crippen LogP contribution in [0.4, 0.5) is 0 Å². The number of amides is 1. The highest BCUT2D eigenvalue weighted by atomic mass is 35.5. The number of phenolic OH excluding ortho intramolecular Hbond substituents is 2. The molecule has 0 unspecified atom stereocenters. The van der Waals surface area contributed by atoms with Crippen molar-refractivity contribution < 1.29 is 19.7 Å². The summed E-state index contributed by atoms with van der Waals surface area (Å²) in [7, 11) is 1.39. The molecule has 0 saturated heterocycles. The van der Waals surface area contributed by atoms with Crippen LogP contribution in [0, 0.1) is 13.8 Å². The highest BCUT2D eigenvalue weighted by molar-refractivity contribution is 6.32. The lowest BCUT2D eigenvalue weighted by Gasteiger charge is -2.09. The number of ether oxygens (including phenoxy) is 1. The van der Waals surface area contributed by atoms with Crippen LogP contribution >= 0.6 is 11.6 Å². The molecule has 24 heavy (non-hydrogen) atoms. The van der Waals surface area contributed by atoms with Crippen LogP contribution in [0.5, 0.6) is 17.2 Å². The van der Waals surface area contributed by atoms with Gasteiger partial charge in [-0.25, -0.2) is 5.43 Å². The van der Waals surface area contributed by atoms with Crippen LogP contribution in [0.25, 0.3) is 0 Å². The molecule has 0 saturated carbocycles. The maximum atomic E-state index is 12.1. The molecule has 7 heteroatoms. The van der Waals surface area contributed by atoms with Crippen LogP contribution in [0.2, 0.25) is 5.02 Å². The summed E-state index contributed by atoms with van der Waals surface area (Å²) in [4.78, 5) is 12.1. The molecule has 0 atom stereocenters. The van der Waals surface area contributed by atoms with Gasteiger partial charge in [-0.15, -0.1) is 0 Å². The molecule has 0 aliphatic heterocycles. The topological polar surface area (TPSA) is 91.2 Å². The molecule has 1 amide bonds. The molecule has 2 aromatic carbocycles. The first-order valence-electron chi connectivity index (χ1n) is 7.04. The zero-order valence-corrected chi connectivity index (χ0v) is 14.2. The number of methoxy groups -OCH3 is 1. The van der Waals surface area contributed by atoms with Crippen LogP contribution in [-0.2, 0) is 0 Å². The van der Waals surface area contributed by atoms with Crippen molar-refractivity contribution in [1.29, 1.82) is 0 Å². The van der Waals surface area contributed by atoms with Gasteiger partial charge >= 0.3 is 0 Å². The number of aryl methyl sites for hydroxylation is 1. The predicted molar refractivity (Wildman–Crippen MR) is 92.3 cm³/mol. The molecule has 0 spiro atoms. The van der Waals surface area contributed by atoms with E-state index in [2.05, 4.69) is 10.5 Å². The van der Waals surface area contributed by atoms with Gasteiger partial charge in [0.15, 0.2) is 11.5 Å². The average Bonchev–Trinajstić information content (AvgIpc) is 2.56. The van der Waals surface area contributed by atoms with E-state index in [1.807, 2.05) is 0 Å². The molecular formula is C17H17ClN2O4. The van der Waals surface area contributed by atoms with Crippen molar-refractivity contribution in [2.75, 3.05) is 7.11 Å². The summed E-state index contributed by atoms with van der Waals surface area (Å²) >= 11 is 6.14. The Labute approximate surface area is 144 Å². The summed E-state index contributed by atoms with van der Waals surface area (Å²) in [6, 6.07) is 5.72. The van der Waals surface area contributed by atoms with Crippen LogP contribution in [0.15, 0.2) is 29.4 Å². The lowest BCUT2D eigenvalue weighted by atomic mass is 10.1. The van der Waals surface area contributed by atoms with E-state index in [4.69, 9.17) is 16.3 Å². The summed E-state index contributed by atoms with van der Waals surface area (Å²) in [5, 5.41) is 23.9. The molecular weight excluding hydrogens is 332 g/mol. The molecule has 6 nitrogen and oxygen atoms in total. The van der Waals surface area contributed by atoms with E-state index in [1.54, 1.807) is 13.8 Å². The minimum absolute atomic E-state index is 0.0266. The number of rotatable bonds is 4. The Hall–Kier alpha value is -2.73. The van der Waals surface area contributed by atoms with Gasteiger partial charge < -0.3 is 14.9 Å². The van der Waals surface area contributed by atoms with Gasteiger partial charge in [-0.2, -0.15) is 5.10 Å². The molecule has 0 radical (unpaired) electrons. The van der Waals surface area contributed by atoms with Gasteiger partial charge in [-0.1, -0.05) is 11.6 Å². The zero-order valence-electron chi connectivity index (χ0n) is 13.4. The van der Waals surface area contributed by atoms with E-state index in [9.17, 15) is 15.0 Å². The Bertz CT molecular complexity index is 819. The Morgan fingerprint density at radius 3 is 2.62 bits per heavy atom. The zero-order chi connectivity index (χ0) is 17.9. The summed E-state index contributed by atoms with van der Waals surface area (Å²) in [6.45, 7) is 3.54. The number of nitrogens with one attached hydrogen (secondary N) is 1. The SMILES string of the molecule is COc1cc(C(=O)NN=Cc2c(O)cc(C)c(Cl)c2C)ccc1O. The number of nitrogens with zero attached hydrogens (tertiary/aromatic N) is 1. The number of carbonyl (C=O) groups excluding carboxylic acids is 1. The monoisotopic (exact) mass is 348 g/mol. The van der Waals surface area contributed by atoms with E-state index in [0.717, 1.165) is 5.56 Å². The number of benzene rings is 2. The normalized spacial score (nSPS) is 10.8. The minimum Gasteiger partial charge on any atom is -0.507 e. The number of phenols is 2. The van der Waals surface area contributed by atoms with Gasteiger partial charge in [-0.3, -0.25) is 4.79 Å². The van der Waals surface area contributed by atoms with Gasteiger partial charge in [-0.05, 0) is 49.2 Å². The van der Waals surface area contributed by atoms with Gasteiger partial charge in [0, 0.05) is 16.1 Å². The molecule has 0 bridgehead atoms. The summed E-state index contributed by atoms with van der Waals surface area (Å²) in [6.07, 6.45) is 1.32. The number of halogens is 1. The minimum atomic E-state index is -0.486. The predicted octanol–water partition coefficient (Wildman–Crippen LogP) is 3.14. The van der Waals surface area contributed by atoms with Gasteiger partial charge in [0.2, 0.25) is 0 Å². The Kier molecular flexibility index (Phi) is 5.31. The van der Waals surface area contributed by atoms with E-state index in [-0.39, 0.29) is 22.8 Å². The van der Waals surface area contributed by atoms with Crippen molar-refractivity contribution in [2.24, 2.45) is 5.10 Å². The maximum absolute atomic E-state index is 12.1. The van der Waals surface area contributed by atoms with E-state index in [0.29, 0.717) is 16.1 Å². The van der Waals surface area contributed by atoms with E-state index in [1.165, 1.54) is 37.6 Å². The molecule has 126 valence electrons. The molecule has 2 rings (SSSR count). The number of carbonyl (C=O) groups is 1. The standard InChI is InChI=1S/C17H17ClN2O4/c1-9-6-14(22)12(10(2)16(9)18)8-19-20-17(23)11-4-5-13(21)15(7-11)24-3/h4-8,21-22H,1-3H3,(H,20,23).